The highest BCUT2D eigenvalue weighted by atomic mass is 16.5. The van der Waals surface area contributed by atoms with Crippen LogP contribution in [0.2, 0.25) is 0 Å². The average molecular weight is 467 g/mol. The first-order valence-corrected chi connectivity index (χ1v) is 11.7. The van der Waals surface area contributed by atoms with Crippen molar-refractivity contribution in [2.75, 3.05) is 13.2 Å². The zero-order valence-corrected chi connectivity index (χ0v) is 18.9. The fraction of sp³-hybridized carbons (Fsp3) is 0.423. The SMILES string of the molecule is O=C(NC1CCCCC1C(=O)NC(CCO)C(=O)O)OCC1c2ccccc2-c2ccccc21. The first-order valence-electron chi connectivity index (χ1n) is 11.7. The van der Waals surface area contributed by atoms with Crippen molar-refractivity contribution in [2.45, 2.75) is 50.1 Å². The molecule has 180 valence electrons. The maximum Gasteiger partial charge on any atom is 0.407 e. The van der Waals surface area contributed by atoms with Crippen LogP contribution in [0.3, 0.4) is 0 Å². The molecule has 8 nitrogen and oxygen atoms in total. The maximum absolute atomic E-state index is 12.8. The number of aliphatic hydroxyl groups excluding tert-OH is 1. The second kappa shape index (κ2) is 10.7. The monoisotopic (exact) mass is 466 g/mol. The highest BCUT2D eigenvalue weighted by molar-refractivity contribution is 5.86. The zero-order chi connectivity index (χ0) is 24.1. The van der Waals surface area contributed by atoms with E-state index in [1.54, 1.807) is 0 Å². The van der Waals surface area contributed by atoms with Crippen molar-refractivity contribution in [3.8, 4) is 11.1 Å². The number of carboxylic acid groups (broad SMARTS) is 1. The summed E-state index contributed by atoms with van der Waals surface area (Å²) in [4.78, 5) is 36.8. The summed E-state index contributed by atoms with van der Waals surface area (Å²) in [5, 5.41) is 23.7. The van der Waals surface area contributed by atoms with Crippen LogP contribution >= 0.6 is 0 Å². The molecule has 0 bridgehead atoms. The Morgan fingerprint density at radius 2 is 1.59 bits per heavy atom. The van der Waals surface area contributed by atoms with Crippen molar-refractivity contribution < 1.29 is 29.3 Å². The molecule has 2 amide bonds. The predicted molar refractivity (Wildman–Crippen MR) is 125 cm³/mol. The molecule has 0 spiro atoms. The van der Waals surface area contributed by atoms with Crippen LogP contribution in [-0.4, -0.2) is 53.5 Å². The number of fused-ring (bicyclic) bond motifs is 3. The molecule has 2 aliphatic rings. The fourth-order valence-corrected chi connectivity index (χ4v) is 5.07. The molecule has 2 aliphatic carbocycles. The zero-order valence-electron chi connectivity index (χ0n) is 18.9. The second-order valence-electron chi connectivity index (χ2n) is 8.88. The van der Waals surface area contributed by atoms with Gasteiger partial charge in [-0.25, -0.2) is 9.59 Å². The van der Waals surface area contributed by atoms with Gasteiger partial charge in [-0.1, -0.05) is 61.4 Å². The van der Waals surface area contributed by atoms with E-state index < -0.39 is 36.0 Å². The molecule has 34 heavy (non-hydrogen) atoms. The van der Waals surface area contributed by atoms with Gasteiger partial charge in [-0.05, 0) is 35.1 Å². The Hall–Kier alpha value is -3.39. The van der Waals surface area contributed by atoms with Crippen molar-refractivity contribution in [1.82, 2.24) is 10.6 Å². The first-order chi connectivity index (χ1) is 16.5. The summed E-state index contributed by atoms with van der Waals surface area (Å²) in [5.74, 6) is -2.23. The first kappa shape index (κ1) is 23.8. The van der Waals surface area contributed by atoms with E-state index in [0.717, 1.165) is 35.1 Å². The summed E-state index contributed by atoms with van der Waals surface area (Å²) in [6.45, 7) is -0.162. The Labute approximate surface area is 198 Å². The molecule has 2 aromatic carbocycles. The Morgan fingerprint density at radius 1 is 0.971 bits per heavy atom. The lowest BCUT2D eigenvalue weighted by atomic mass is 9.83. The number of carbonyl (C=O) groups excluding carboxylic acids is 2. The van der Waals surface area contributed by atoms with Crippen LogP contribution in [0.5, 0.6) is 0 Å². The molecule has 0 radical (unpaired) electrons. The summed E-state index contributed by atoms with van der Waals surface area (Å²) < 4.78 is 5.62. The minimum atomic E-state index is -1.20. The van der Waals surface area contributed by atoms with Crippen LogP contribution in [0.15, 0.2) is 48.5 Å². The highest BCUT2D eigenvalue weighted by Gasteiger charge is 2.35. The van der Waals surface area contributed by atoms with Gasteiger partial charge in [0.2, 0.25) is 5.91 Å². The Bertz CT molecular complexity index is 1010. The molecule has 3 atom stereocenters. The van der Waals surface area contributed by atoms with E-state index in [2.05, 4.69) is 22.8 Å². The molecule has 8 heteroatoms. The highest BCUT2D eigenvalue weighted by Crippen LogP contribution is 2.44. The average Bonchev–Trinajstić information content (AvgIpc) is 3.16. The second-order valence-corrected chi connectivity index (χ2v) is 8.88. The van der Waals surface area contributed by atoms with Crippen LogP contribution in [0.1, 0.15) is 49.1 Å². The number of aliphatic carboxylic acids is 1. The molecular formula is C26H30N2O6. The summed E-state index contributed by atoms with van der Waals surface area (Å²) in [6, 6.07) is 14.6. The van der Waals surface area contributed by atoms with E-state index in [-0.39, 0.29) is 25.6 Å². The standard InChI is InChI=1S/C26H30N2O6/c29-14-13-23(25(31)32)27-24(30)20-11-5-6-12-22(20)28-26(33)34-15-21-18-9-3-1-7-16(18)17-8-2-4-10-19(17)21/h1-4,7-10,20-23,29H,5-6,11-15H2,(H,27,30)(H,28,33)(H,31,32). The summed E-state index contributed by atoms with van der Waals surface area (Å²) in [6.07, 6.45) is 2.18. The third-order valence-electron chi connectivity index (χ3n) is 6.78. The lowest BCUT2D eigenvalue weighted by Gasteiger charge is -2.31. The van der Waals surface area contributed by atoms with Gasteiger partial charge < -0.3 is 25.6 Å². The number of ether oxygens (including phenoxy) is 1. The van der Waals surface area contributed by atoms with Gasteiger partial charge in [-0.15, -0.1) is 0 Å². The molecule has 1 saturated carbocycles. The van der Waals surface area contributed by atoms with E-state index in [1.165, 1.54) is 0 Å². The van der Waals surface area contributed by atoms with Gasteiger partial charge in [-0.2, -0.15) is 0 Å². The summed E-state index contributed by atoms with van der Waals surface area (Å²) in [7, 11) is 0. The van der Waals surface area contributed by atoms with Crippen LogP contribution in [0.25, 0.3) is 11.1 Å². The number of rotatable bonds is 8. The molecule has 4 N–H and O–H groups in total. The van der Waals surface area contributed by atoms with E-state index in [4.69, 9.17) is 9.84 Å². The molecule has 1 fully saturated rings. The van der Waals surface area contributed by atoms with Gasteiger partial charge >= 0.3 is 12.1 Å². The van der Waals surface area contributed by atoms with Crippen LogP contribution in [0.4, 0.5) is 4.79 Å². The third kappa shape index (κ3) is 5.07. The fourth-order valence-electron chi connectivity index (χ4n) is 5.07. The van der Waals surface area contributed by atoms with Gasteiger partial charge in [0.05, 0.1) is 5.92 Å². The lowest BCUT2D eigenvalue weighted by molar-refractivity contribution is -0.143. The molecule has 0 aromatic heterocycles. The normalized spacial score (nSPS) is 20.0. The van der Waals surface area contributed by atoms with Crippen molar-refractivity contribution in [2.24, 2.45) is 5.92 Å². The minimum absolute atomic E-state index is 0.0570. The van der Waals surface area contributed by atoms with E-state index in [9.17, 15) is 19.5 Å². The van der Waals surface area contributed by atoms with Gasteiger partial charge in [-0.3, -0.25) is 4.79 Å². The Morgan fingerprint density at radius 3 is 2.21 bits per heavy atom. The number of nitrogens with one attached hydrogen (secondary N) is 2. The van der Waals surface area contributed by atoms with Gasteiger partial charge in [0.15, 0.2) is 0 Å². The number of carbonyl (C=O) groups is 3. The van der Waals surface area contributed by atoms with Crippen molar-refractivity contribution >= 4 is 18.0 Å². The Balaban J connectivity index is 1.38. The smallest absolute Gasteiger partial charge is 0.407 e. The number of carboxylic acids is 1. The predicted octanol–water partition coefficient (Wildman–Crippen LogP) is 3.04. The van der Waals surface area contributed by atoms with Crippen LogP contribution in [0, 0.1) is 5.92 Å². The number of amides is 2. The number of benzene rings is 2. The molecular weight excluding hydrogens is 436 g/mol. The summed E-state index contributed by atoms with van der Waals surface area (Å²) in [5.41, 5.74) is 4.53. The van der Waals surface area contributed by atoms with Crippen LogP contribution in [-0.2, 0) is 14.3 Å². The summed E-state index contributed by atoms with van der Waals surface area (Å²) >= 11 is 0. The van der Waals surface area contributed by atoms with E-state index in [0.29, 0.717) is 12.8 Å². The largest absolute Gasteiger partial charge is 0.480 e. The maximum atomic E-state index is 12.8. The van der Waals surface area contributed by atoms with E-state index in [1.807, 2.05) is 36.4 Å². The van der Waals surface area contributed by atoms with Crippen molar-refractivity contribution in [3.63, 3.8) is 0 Å². The molecule has 0 saturated heterocycles. The number of hydrogen-bond donors (Lipinski definition) is 4. The number of aliphatic hydroxyl groups is 1. The van der Waals surface area contributed by atoms with Crippen LogP contribution < -0.4 is 10.6 Å². The molecule has 0 aliphatic heterocycles. The van der Waals surface area contributed by atoms with E-state index >= 15 is 0 Å². The van der Waals surface area contributed by atoms with Gasteiger partial charge in [0.1, 0.15) is 12.6 Å². The van der Waals surface area contributed by atoms with Gasteiger partial charge in [0, 0.05) is 25.0 Å². The molecule has 4 rings (SSSR count). The number of hydrogen-bond acceptors (Lipinski definition) is 5. The molecule has 0 heterocycles. The van der Waals surface area contributed by atoms with Crippen molar-refractivity contribution in [1.29, 1.82) is 0 Å². The third-order valence-corrected chi connectivity index (χ3v) is 6.78. The topological polar surface area (TPSA) is 125 Å². The van der Waals surface area contributed by atoms with Crippen molar-refractivity contribution in [3.05, 3.63) is 59.7 Å². The van der Waals surface area contributed by atoms with Gasteiger partial charge in [0.25, 0.3) is 0 Å². The minimum Gasteiger partial charge on any atom is -0.480 e. The Kier molecular flexibility index (Phi) is 7.47. The quantitative estimate of drug-likeness (QED) is 0.474. The number of alkyl carbamates (subject to hydrolysis) is 1. The lowest BCUT2D eigenvalue weighted by Crippen LogP contribution is -2.52. The molecule has 3 unspecified atom stereocenters. The molecule has 2 aromatic rings.